The van der Waals surface area contributed by atoms with Crippen molar-refractivity contribution in [3.05, 3.63) is 27.8 Å². The lowest BCUT2D eigenvalue weighted by Crippen LogP contribution is -2.02. The van der Waals surface area contributed by atoms with E-state index in [4.69, 9.17) is 16.1 Å². The van der Waals surface area contributed by atoms with Gasteiger partial charge < -0.3 is 9.63 Å². The Morgan fingerprint density at radius 2 is 2.29 bits per heavy atom. The highest BCUT2D eigenvalue weighted by molar-refractivity contribution is 7.14. The first-order chi connectivity index (χ1) is 8.02. The van der Waals surface area contributed by atoms with E-state index in [0.29, 0.717) is 21.4 Å². The maximum absolute atomic E-state index is 11.3. The Morgan fingerprint density at radius 1 is 1.59 bits per heavy atom. The van der Waals surface area contributed by atoms with Gasteiger partial charge in [0, 0.05) is 5.92 Å². The first-order valence-corrected chi connectivity index (χ1v) is 6.24. The predicted octanol–water partition coefficient (Wildman–Crippen LogP) is 3.88. The Morgan fingerprint density at radius 3 is 2.76 bits per heavy atom. The molecule has 0 aliphatic heterocycles. The molecule has 0 atom stereocenters. The summed E-state index contributed by atoms with van der Waals surface area (Å²) in [5.74, 6) is -0.715. The first kappa shape index (κ1) is 12.1. The van der Waals surface area contributed by atoms with Gasteiger partial charge in [0.1, 0.15) is 11.3 Å². The van der Waals surface area contributed by atoms with E-state index in [2.05, 4.69) is 5.16 Å². The van der Waals surface area contributed by atoms with E-state index in [9.17, 15) is 9.90 Å². The normalized spacial score (nSPS) is 11.1. The van der Waals surface area contributed by atoms with Gasteiger partial charge in [0.15, 0.2) is 5.76 Å². The van der Waals surface area contributed by atoms with Crippen LogP contribution in [-0.4, -0.2) is 16.2 Å². The van der Waals surface area contributed by atoms with Crippen LogP contribution in [0.25, 0.3) is 10.6 Å². The fraction of sp³-hybridized carbons (Fsp3) is 0.273. The van der Waals surface area contributed by atoms with Crippen LogP contribution in [0.3, 0.4) is 0 Å². The number of carbonyl (C=O) groups is 1. The zero-order valence-electron chi connectivity index (χ0n) is 9.23. The van der Waals surface area contributed by atoms with Crippen molar-refractivity contribution in [2.75, 3.05) is 0 Å². The number of nitrogens with zero attached hydrogens (tertiary/aromatic N) is 1. The molecule has 0 aliphatic carbocycles. The van der Waals surface area contributed by atoms with E-state index in [1.807, 2.05) is 13.8 Å². The molecule has 2 aromatic heterocycles. The van der Waals surface area contributed by atoms with Crippen LogP contribution in [0.2, 0.25) is 5.02 Å². The molecule has 0 amide bonds. The molecule has 0 saturated carbocycles. The van der Waals surface area contributed by atoms with Gasteiger partial charge in [0.2, 0.25) is 0 Å². The molecule has 2 heterocycles. The minimum atomic E-state index is -1.05. The van der Waals surface area contributed by atoms with E-state index < -0.39 is 5.97 Å². The number of carboxylic acids is 1. The van der Waals surface area contributed by atoms with Crippen molar-refractivity contribution in [3.8, 4) is 10.6 Å². The molecule has 1 N–H and O–H groups in total. The second-order valence-corrected chi connectivity index (χ2v) is 5.15. The number of hydrogen-bond donors (Lipinski definition) is 1. The molecule has 2 rings (SSSR count). The number of thiophene rings is 1. The zero-order valence-corrected chi connectivity index (χ0v) is 10.8. The van der Waals surface area contributed by atoms with E-state index in [1.165, 1.54) is 11.3 Å². The molecule has 0 spiro atoms. The average molecular weight is 272 g/mol. The molecule has 0 bridgehead atoms. The number of aromatic carboxylic acids is 1. The quantitative estimate of drug-likeness (QED) is 0.920. The second kappa shape index (κ2) is 4.50. The molecule has 0 aliphatic rings. The van der Waals surface area contributed by atoms with Crippen LogP contribution in [0.1, 0.15) is 35.9 Å². The van der Waals surface area contributed by atoms with Crippen LogP contribution in [0.15, 0.2) is 16.0 Å². The van der Waals surface area contributed by atoms with Crippen molar-refractivity contribution >= 4 is 28.9 Å². The summed E-state index contributed by atoms with van der Waals surface area (Å²) in [6.45, 7) is 3.71. The Hall–Kier alpha value is -1.33. The molecule has 0 saturated heterocycles. The lowest BCUT2D eigenvalue weighted by atomic mass is 10.0. The Labute approximate surface area is 107 Å². The van der Waals surface area contributed by atoms with Gasteiger partial charge in [-0.3, -0.25) is 0 Å². The van der Waals surface area contributed by atoms with Crippen LogP contribution in [0, 0.1) is 0 Å². The van der Waals surface area contributed by atoms with Crippen LogP contribution in [0.5, 0.6) is 0 Å². The predicted molar refractivity (Wildman–Crippen MR) is 65.9 cm³/mol. The van der Waals surface area contributed by atoms with Gasteiger partial charge in [0.25, 0.3) is 0 Å². The van der Waals surface area contributed by atoms with Crippen molar-refractivity contribution < 1.29 is 14.4 Å². The molecule has 2 aromatic rings. The SMILES string of the molecule is CC(C)c1onc(-c2sccc2Cl)c1C(=O)O. The van der Waals surface area contributed by atoms with Gasteiger partial charge in [-0.05, 0) is 11.4 Å². The molecule has 17 heavy (non-hydrogen) atoms. The maximum Gasteiger partial charge on any atom is 0.341 e. The van der Waals surface area contributed by atoms with Crippen molar-refractivity contribution in [2.24, 2.45) is 0 Å². The van der Waals surface area contributed by atoms with Crippen LogP contribution in [0.4, 0.5) is 0 Å². The van der Waals surface area contributed by atoms with Crippen molar-refractivity contribution in [1.29, 1.82) is 0 Å². The lowest BCUT2D eigenvalue weighted by molar-refractivity contribution is 0.0694. The highest BCUT2D eigenvalue weighted by atomic mass is 35.5. The van der Waals surface area contributed by atoms with E-state index >= 15 is 0 Å². The first-order valence-electron chi connectivity index (χ1n) is 4.98. The summed E-state index contributed by atoms with van der Waals surface area (Å²) < 4.78 is 5.11. The van der Waals surface area contributed by atoms with E-state index in [-0.39, 0.29) is 11.5 Å². The third-order valence-corrected chi connectivity index (χ3v) is 3.64. The van der Waals surface area contributed by atoms with Crippen LogP contribution >= 0.6 is 22.9 Å². The third-order valence-electron chi connectivity index (χ3n) is 2.29. The van der Waals surface area contributed by atoms with Gasteiger partial charge in [-0.15, -0.1) is 11.3 Å². The molecule has 90 valence electrons. The largest absolute Gasteiger partial charge is 0.477 e. The number of aromatic nitrogens is 1. The van der Waals surface area contributed by atoms with Crippen molar-refractivity contribution in [1.82, 2.24) is 5.16 Å². The van der Waals surface area contributed by atoms with Gasteiger partial charge >= 0.3 is 5.97 Å². The monoisotopic (exact) mass is 271 g/mol. The number of hydrogen-bond acceptors (Lipinski definition) is 4. The van der Waals surface area contributed by atoms with Gasteiger partial charge in [-0.1, -0.05) is 30.6 Å². The third kappa shape index (κ3) is 2.08. The summed E-state index contributed by atoms with van der Waals surface area (Å²) in [6.07, 6.45) is 0. The summed E-state index contributed by atoms with van der Waals surface area (Å²) in [5, 5.41) is 15.3. The smallest absolute Gasteiger partial charge is 0.341 e. The Bertz CT molecular complexity index is 559. The van der Waals surface area contributed by atoms with Crippen molar-refractivity contribution in [3.63, 3.8) is 0 Å². The summed E-state index contributed by atoms with van der Waals surface area (Å²) in [7, 11) is 0. The molecule has 0 radical (unpaired) electrons. The molecule has 0 aromatic carbocycles. The van der Waals surface area contributed by atoms with E-state index in [1.54, 1.807) is 11.4 Å². The Kier molecular flexibility index (Phi) is 3.22. The fourth-order valence-electron chi connectivity index (χ4n) is 1.52. The number of carboxylic acid groups (broad SMARTS) is 1. The fourth-order valence-corrected chi connectivity index (χ4v) is 2.65. The van der Waals surface area contributed by atoms with Gasteiger partial charge in [-0.2, -0.15) is 0 Å². The van der Waals surface area contributed by atoms with Gasteiger partial charge in [-0.25, -0.2) is 4.79 Å². The number of rotatable bonds is 3. The summed E-state index contributed by atoms with van der Waals surface area (Å²) in [6, 6.07) is 1.71. The molecule has 4 nitrogen and oxygen atoms in total. The molecular formula is C11H10ClNO3S. The van der Waals surface area contributed by atoms with Crippen molar-refractivity contribution in [2.45, 2.75) is 19.8 Å². The summed E-state index contributed by atoms with van der Waals surface area (Å²) >= 11 is 7.32. The summed E-state index contributed by atoms with van der Waals surface area (Å²) in [4.78, 5) is 11.9. The molecule has 6 heteroatoms. The summed E-state index contributed by atoms with van der Waals surface area (Å²) in [5.41, 5.74) is 0.408. The second-order valence-electron chi connectivity index (χ2n) is 3.83. The molecular weight excluding hydrogens is 262 g/mol. The molecule has 0 unspecified atom stereocenters. The number of halogens is 1. The highest BCUT2D eigenvalue weighted by Gasteiger charge is 2.26. The highest BCUT2D eigenvalue weighted by Crippen LogP contribution is 2.37. The van der Waals surface area contributed by atoms with Crippen LogP contribution in [-0.2, 0) is 0 Å². The standard InChI is InChI=1S/C11H10ClNO3S/c1-5(2)9-7(11(14)15)8(13-16-9)10-6(12)3-4-17-10/h3-5H,1-2H3,(H,14,15). The topological polar surface area (TPSA) is 63.3 Å². The average Bonchev–Trinajstić information content (AvgIpc) is 2.82. The van der Waals surface area contributed by atoms with Gasteiger partial charge in [0.05, 0.1) is 9.90 Å². The zero-order chi connectivity index (χ0) is 12.6. The van der Waals surface area contributed by atoms with E-state index in [0.717, 1.165) is 0 Å². The minimum Gasteiger partial charge on any atom is -0.477 e. The maximum atomic E-state index is 11.3. The lowest BCUT2D eigenvalue weighted by Gasteiger charge is -2.00. The molecule has 0 fully saturated rings. The van der Waals surface area contributed by atoms with Crippen LogP contribution < -0.4 is 0 Å². The minimum absolute atomic E-state index is 0.0407. The Balaban J connectivity index is 2.64.